The fourth-order valence-electron chi connectivity index (χ4n) is 1.39. The van der Waals surface area contributed by atoms with Crippen LogP contribution in [0.4, 0.5) is 5.69 Å². The lowest BCUT2D eigenvalue weighted by Gasteiger charge is -2.07. The van der Waals surface area contributed by atoms with E-state index in [4.69, 9.17) is 10.4 Å². The molecular weight excluding hydrogens is 260 g/mol. The minimum absolute atomic E-state index is 0.0563. The minimum atomic E-state index is -0.0563. The second kappa shape index (κ2) is 8.57. The van der Waals surface area contributed by atoms with Crippen LogP contribution >= 0.6 is 11.8 Å². The van der Waals surface area contributed by atoms with Crippen LogP contribution in [0, 0.1) is 17.2 Å². The van der Waals surface area contributed by atoms with Gasteiger partial charge >= 0.3 is 0 Å². The zero-order chi connectivity index (χ0) is 14.1. The number of aliphatic hydroxyl groups excluding tert-OH is 1. The van der Waals surface area contributed by atoms with E-state index in [-0.39, 0.29) is 18.4 Å². The topological polar surface area (TPSA) is 73.1 Å². The maximum absolute atomic E-state index is 11.7. The van der Waals surface area contributed by atoms with Crippen LogP contribution < -0.4 is 5.32 Å². The van der Waals surface area contributed by atoms with Crippen molar-refractivity contribution in [1.29, 1.82) is 5.26 Å². The molecule has 0 aliphatic carbocycles. The first-order chi connectivity index (χ1) is 9.15. The van der Waals surface area contributed by atoms with Crippen molar-refractivity contribution in [3.05, 3.63) is 29.8 Å². The Morgan fingerprint density at radius 2 is 2.37 bits per heavy atom. The van der Waals surface area contributed by atoms with E-state index in [1.807, 2.05) is 13.0 Å². The lowest BCUT2D eigenvalue weighted by atomic mass is 10.2. The molecule has 0 spiro atoms. The quantitative estimate of drug-likeness (QED) is 0.750. The number of thioether (sulfide) groups is 1. The molecule has 1 rings (SSSR count). The van der Waals surface area contributed by atoms with Crippen LogP contribution in [0.15, 0.2) is 24.3 Å². The third kappa shape index (κ3) is 6.27. The Morgan fingerprint density at radius 1 is 1.58 bits per heavy atom. The molecule has 0 bridgehead atoms. The van der Waals surface area contributed by atoms with Gasteiger partial charge in [-0.15, -0.1) is 0 Å². The van der Waals surface area contributed by atoms with E-state index < -0.39 is 0 Å². The Morgan fingerprint density at radius 3 is 3.05 bits per heavy atom. The van der Waals surface area contributed by atoms with Crippen molar-refractivity contribution in [3.8, 4) is 6.07 Å². The van der Waals surface area contributed by atoms with Crippen LogP contribution in [-0.2, 0) is 4.79 Å². The number of hydrogen-bond donors (Lipinski definition) is 2. The first kappa shape index (κ1) is 15.5. The number of carbonyl (C=O) groups excluding carboxylic acids is 1. The smallest absolute Gasteiger partial charge is 0.225 e. The van der Waals surface area contributed by atoms with E-state index >= 15 is 0 Å². The molecular formula is C14H18N2O2S. The second-order valence-electron chi connectivity index (χ2n) is 4.35. The molecule has 102 valence electrons. The molecule has 0 saturated heterocycles. The fourth-order valence-corrected chi connectivity index (χ4v) is 2.40. The maximum atomic E-state index is 11.7. The molecule has 0 radical (unpaired) electrons. The van der Waals surface area contributed by atoms with Gasteiger partial charge in [0.2, 0.25) is 5.91 Å². The molecule has 0 heterocycles. The summed E-state index contributed by atoms with van der Waals surface area (Å²) < 4.78 is 0. The first-order valence-corrected chi connectivity index (χ1v) is 7.29. The van der Waals surface area contributed by atoms with Crippen LogP contribution in [0.2, 0.25) is 0 Å². The van der Waals surface area contributed by atoms with Gasteiger partial charge in [0, 0.05) is 24.5 Å². The summed E-state index contributed by atoms with van der Waals surface area (Å²) in [6, 6.07) is 8.89. The van der Waals surface area contributed by atoms with Gasteiger partial charge in [-0.25, -0.2) is 0 Å². The average molecular weight is 278 g/mol. The summed E-state index contributed by atoms with van der Waals surface area (Å²) in [5.74, 6) is 1.79. The molecule has 5 heteroatoms. The largest absolute Gasteiger partial charge is 0.396 e. The van der Waals surface area contributed by atoms with Crippen molar-refractivity contribution in [2.24, 2.45) is 5.92 Å². The number of nitrogens with zero attached hydrogens (tertiary/aromatic N) is 1. The van der Waals surface area contributed by atoms with E-state index in [0.29, 0.717) is 17.7 Å². The molecule has 4 nitrogen and oxygen atoms in total. The van der Waals surface area contributed by atoms with Crippen LogP contribution in [0.1, 0.15) is 18.9 Å². The molecule has 0 aliphatic rings. The van der Waals surface area contributed by atoms with Crippen LogP contribution in [0.5, 0.6) is 0 Å². The van der Waals surface area contributed by atoms with Gasteiger partial charge in [0.05, 0.1) is 11.6 Å². The van der Waals surface area contributed by atoms with Crippen molar-refractivity contribution in [2.45, 2.75) is 13.3 Å². The Bertz CT molecular complexity index is 457. The van der Waals surface area contributed by atoms with E-state index in [1.54, 1.807) is 36.0 Å². The number of aliphatic hydroxyl groups is 1. The second-order valence-corrected chi connectivity index (χ2v) is 5.50. The van der Waals surface area contributed by atoms with Crippen molar-refractivity contribution < 1.29 is 9.90 Å². The Hall–Kier alpha value is -1.51. The standard InChI is InChI=1S/C14H18N2O2S/c1-11(9-17)10-19-6-5-14(18)16-13-4-2-3-12(7-13)8-15/h2-4,7,11,17H,5-6,9-10H2,1H3,(H,16,18). The summed E-state index contributed by atoms with van der Waals surface area (Å²) >= 11 is 1.66. The van der Waals surface area contributed by atoms with Gasteiger partial charge in [0.25, 0.3) is 0 Å². The highest BCUT2D eigenvalue weighted by molar-refractivity contribution is 7.99. The van der Waals surface area contributed by atoms with Crippen LogP contribution in [-0.4, -0.2) is 29.1 Å². The lowest BCUT2D eigenvalue weighted by Crippen LogP contribution is -2.13. The molecule has 1 unspecified atom stereocenters. The molecule has 0 fully saturated rings. The summed E-state index contributed by atoms with van der Waals surface area (Å²) in [4.78, 5) is 11.7. The lowest BCUT2D eigenvalue weighted by molar-refractivity contribution is -0.115. The van der Waals surface area contributed by atoms with Gasteiger partial charge in [-0.3, -0.25) is 4.79 Å². The van der Waals surface area contributed by atoms with Gasteiger partial charge in [0.15, 0.2) is 0 Å². The molecule has 1 amide bonds. The number of carbonyl (C=O) groups is 1. The predicted molar refractivity (Wildman–Crippen MR) is 78.0 cm³/mol. The first-order valence-electron chi connectivity index (χ1n) is 6.14. The van der Waals surface area contributed by atoms with Gasteiger partial charge in [0.1, 0.15) is 0 Å². The van der Waals surface area contributed by atoms with Crippen LogP contribution in [0.25, 0.3) is 0 Å². The predicted octanol–water partition coefficient (Wildman–Crippen LogP) is 2.25. The summed E-state index contributed by atoms with van der Waals surface area (Å²) in [5.41, 5.74) is 1.18. The van der Waals surface area contributed by atoms with E-state index in [9.17, 15) is 4.79 Å². The normalized spacial score (nSPS) is 11.6. The average Bonchev–Trinajstić information content (AvgIpc) is 2.43. The number of anilines is 1. The third-order valence-electron chi connectivity index (χ3n) is 2.46. The van der Waals surface area contributed by atoms with Gasteiger partial charge in [-0.1, -0.05) is 13.0 Å². The van der Waals surface area contributed by atoms with Crippen molar-refractivity contribution in [3.63, 3.8) is 0 Å². The summed E-state index contributed by atoms with van der Waals surface area (Å²) in [5, 5.41) is 20.4. The van der Waals surface area contributed by atoms with Crippen LogP contribution in [0.3, 0.4) is 0 Å². The molecule has 1 atom stereocenters. The van der Waals surface area contributed by atoms with Crippen molar-refractivity contribution in [1.82, 2.24) is 0 Å². The number of rotatable bonds is 7. The Kier molecular flexibility index (Phi) is 7.01. The molecule has 2 N–H and O–H groups in total. The van der Waals surface area contributed by atoms with Gasteiger partial charge in [-0.05, 0) is 29.9 Å². The molecule has 0 aromatic heterocycles. The minimum Gasteiger partial charge on any atom is -0.396 e. The van der Waals surface area contributed by atoms with Gasteiger partial charge in [-0.2, -0.15) is 17.0 Å². The summed E-state index contributed by atoms with van der Waals surface area (Å²) in [7, 11) is 0. The van der Waals surface area contributed by atoms with Gasteiger partial charge < -0.3 is 10.4 Å². The highest BCUT2D eigenvalue weighted by atomic mass is 32.2. The molecule has 1 aromatic rings. The molecule has 0 saturated carbocycles. The molecule has 19 heavy (non-hydrogen) atoms. The van der Waals surface area contributed by atoms with Crippen molar-refractivity contribution in [2.75, 3.05) is 23.4 Å². The number of hydrogen-bond acceptors (Lipinski definition) is 4. The van der Waals surface area contributed by atoms with E-state index in [2.05, 4.69) is 5.32 Å². The highest BCUT2D eigenvalue weighted by Crippen LogP contribution is 2.12. The summed E-state index contributed by atoms with van der Waals surface area (Å²) in [6.45, 7) is 2.15. The third-order valence-corrected chi connectivity index (χ3v) is 3.76. The van der Waals surface area contributed by atoms with Crippen molar-refractivity contribution >= 4 is 23.4 Å². The number of nitrogens with one attached hydrogen (secondary N) is 1. The number of amides is 1. The molecule has 0 aliphatic heterocycles. The molecule has 1 aromatic carbocycles. The van der Waals surface area contributed by atoms with E-state index in [1.165, 1.54) is 0 Å². The Balaban J connectivity index is 2.29. The summed E-state index contributed by atoms with van der Waals surface area (Å²) in [6.07, 6.45) is 0.430. The number of benzene rings is 1. The number of nitriles is 1. The monoisotopic (exact) mass is 278 g/mol. The fraction of sp³-hybridized carbons (Fsp3) is 0.429. The highest BCUT2D eigenvalue weighted by Gasteiger charge is 2.04. The SMILES string of the molecule is CC(CO)CSCCC(=O)Nc1cccc(C#N)c1. The zero-order valence-corrected chi connectivity index (χ0v) is 11.7. The zero-order valence-electron chi connectivity index (χ0n) is 10.9. The van der Waals surface area contributed by atoms with E-state index in [0.717, 1.165) is 11.5 Å². The maximum Gasteiger partial charge on any atom is 0.225 e. The Labute approximate surface area is 117 Å².